The predicted octanol–water partition coefficient (Wildman–Crippen LogP) is 3.51. The molecule has 0 saturated carbocycles. The monoisotopic (exact) mass is 543 g/mol. The van der Waals surface area contributed by atoms with Gasteiger partial charge in [-0.2, -0.15) is 0 Å². The van der Waals surface area contributed by atoms with Gasteiger partial charge in [-0.05, 0) is 49.1 Å². The Balaban J connectivity index is 1.52. The molecule has 0 aliphatic carbocycles. The number of esters is 1. The largest absolute Gasteiger partial charge is 0.466 e. The summed E-state index contributed by atoms with van der Waals surface area (Å²) < 4.78 is 25.0. The molecule has 1 aromatic heterocycles. The Hall–Kier alpha value is -3.34. The number of likely N-dealkylation sites (tertiary alicyclic amines) is 1. The van der Waals surface area contributed by atoms with Crippen LogP contribution < -0.4 is 5.32 Å². The third-order valence-electron chi connectivity index (χ3n) is 6.59. The van der Waals surface area contributed by atoms with Gasteiger partial charge in [-0.15, -0.1) is 5.10 Å². The van der Waals surface area contributed by atoms with Crippen molar-refractivity contribution in [2.45, 2.75) is 31.9 Å². The lowest BCUT2D eigenvalue weighted by molar-refractivity contribution is -0.150. The second-order valence-corrected chi connectivity index (χ2v) is 9.76. The van der Waals surface area contributed by atoms with E-state index in [1.54, 1.807) is 20.1 Å². The number of amides is 1. The van der Waals surface area contributed by atoms with Crippen LogP contribution in [0.3, 0.4) is 0 Å². The van der Waals surface area contributed by atoms with Gasteiger partial charge in [-0.3, -0.25) is 19.6 Å². The number of rotatable bonds is 12. The second kappa shape index (κ2) is 12.9. The summed E-state index contributed by atoms with van der Waals surface area (Å²) >= 11 is 6.05. The molecule has 4 rings (SSSR count). The van der Waals surface area contributed by atoms with Crippen LogP contribution in [-0.2, 0) is 20.7 Å². The van der Waals surface area contributed by atoms with Crippen LogP contribution in [0.25, 0.3) is 11.1 Å². The number of halogens is 2. The highest BCUT2D eigenvalue weighted by atomic mass is 35.5. The zero-order chi connectivity index (χ0) is 27.1. The zero-order valence-corrected chi connectivity index (χ0v) is 22.1. The quantitative estimate of drug-likeness (QED) is 0.336. The molecule has 11 heteroatoms. The lowest BCUT2D eigenvalue weighted by atomic mass is 9.92. The number of nitrogens with one attached hydrogen (secondary N) is 2. The van der Waals surface area contributed by atoms with Crippen LogP contribution in [0, 0.1) is 11.7 Å². The number of aromatic amines is 1. The minimum atomic E-state index is -0.447. The first-order valence-corrected chi connectivity index (χ1v) is 12.9. The molecule has 1 aliphatic heterocycles. The Morgan fingerprint density at radius 3 is 2.66 bits per heavy atom. The van der Waals surface area contributed by atoms with Crippen molar-refractivity contribution in [3.8, 4) is 11.1 Å². The fraction of sp³-hybridized carbons (Fsp3) is 0.407. The van der Waals surface area contributed by atoms with E-state index in [1.807, 2.05) is 24.3 Å². The van der Waals surface area contributed by atoms with Gasteiger partial charge < -0.3 is 14.8 Å². The highest BCUT2D eigenvalue weighted by Gasteiger charge is 2.33. The Morgan fingerprint density at radius 2 is 2.00 bits per heavy atom. The van der Waals surface area contributed by atoms with Gasteiger partial charge in [0.05, 0.1) is 24.8 Å². The molecule has 9 nitrogen and oxygen atoms in total. The molecule has 3 aromatic rings. The summed E-state index contributed by atoms with van der Waals surface area (Å²) in [7, 11) is 1.67. The van der Waals surface area contributed by atoms with Crippen LogP contribution in [0.4, 0.5) is 4.39 Å². The third-order valence-corrected chi connectivity index (χ3v) is 6.83. The van der Waals surface area contributed by atoms with Crippen LogP contribution in [0.2, 0.25) is 5.02 Å². The van der Waals surface area contributed by atoms with Gasteiger partial charge in [0.25, 0.3) is 5.91 Å². The van der Waals surface area contributed by atoms with Crippen LogP contribution >= 0.6 is 11.6 Å². The minimum Gasteiger partial charge on any atom is -0.466 e. The Morgan fingerprint density at radius 1 is 1.24 bits per heavy atom. The number of H-pyrrole nitrogens is 1. The van der Waals surface area contributed by atoms with E-state index in [1.165, 1.54) is 18.3 Å². The average Bonchev–Trinajstić information content (AvgIpc) is 3.42. The van der Waals surface area contributed by atoms with Crippen molar-refractivity contribution in [2.75, 3.05) is 33.4 Å². The van der Waals surface area contributed by atoms with Crippen LogP contribution in [-0.4, -0.2) is 77.7 Å². The molecule has 1 saturated heterocycles. The summed E-state index contributed by atoms with van der Waals surface area (Å²) in [5.41, 5.74) is 2.23. The molecule has 0 radical (unpaired) electrons. The van der Waals surface area contributed by atoms with Crippen molar-refractivity contribution in [1.82, 2.24) is 25.6 Å². The molecule has 2 atom stereocenters. The van der Waals surface area contributed by atoms with E-state index < -0.39 is 12.0 Å². The number of methoxy groups -OCH3 is 1. The summed E-state index contributed by atoms with van der Waals surface area (Å²) in [6, 6.07) is 11.4. The SMILES string of the molecule is CCOC(=O)[C@@H](C[C@@H](Cc1ccc(-c2cc(Cl)ccc2F)cc1)NC(=O)c1cnn[nH]1)CN1CC(OC)C1. The van der Waals surface area contributed by atoms with Crippen LogP contribution in [0.5, 0.6) is 0 Å². The molecule has 202 valence electrons. The molecule has 0 bridgehead atoms. The van der Waals surface area contributed by atoms with E-state index in [0.717, 1.165) is 18.7 Å². The Bertz CT molecular complexity index is 1220. The standard InChI is InChI=1S/C27H31ClFN5O4/c1-3-38-27(36)19(14-34-15-22(16-34)37-2)11-21(31-26(35)25-13-30-33-32-25)10-17-4-6-18(7-5-17)23-12-20(28)8-9-24(23)29/h4-9,12-13,19,21-22H,3,10-11,14-16H2,1-2H3,(H,31,35)(H,30,32,33)/t19-,21+/m0/s1. The van der Waals surface area contributed by atoms with E-state index in [9.17, 15) is 14.0 Å². The number of aromatic nitrogens is 3. The molecule has 38 heavy (non-hydrogen) atoms. The van der Waals surface area contributed by atoms with Crippen LogP contribution in [0.1, 0.15) is 29.4 Å². The summed E-state index contributed by atoms with van der Waals surface area (Å²) in [6.45, 7) is 4.03. The molecule has 0 unspecified atom stereocenters. The first kappa shape index (κ1) is 27.7. The second-order valence-electron chi connectivity index (χ2n) is 9.33. The number of nitrogens with zero attached hydrogens (tertiary/aromatic N) is 3. The third kappa shape index (κ3) is 7.15. The molecule has 0 spiro atoms. The summed E-state index contributed by atoms with van der Waals surface area (Å²) in [5, 5.41) is 13.3. The number of carbonyl (C=O) groups excluding carboxylic acids is 2. The predicted molar refractivity (Wildman–Crippen MR) is 140 cm³/mol. The maximum absolute atomic E-state index is 14.3. The van der Waals surface area contributed by atoms with Crippen LogP contribution in [0.15, 0.2) is 48.7 Å². The van der Waals surface area contributed by atoms with E-state index in [0.29, 0.717) is 35.5 Å². The molecule has 2 aromatic carbocycles. The number of hydrogen-bond donors (Lipinski definition) is 2. The Kier molecular flexibility index (Phi) is 9.43. The van der Waals surface area contributed by atoms with Gasteiger partial charge in [0.1, 0.15) is 11.5 Å². The highest BCUT2D eigenvalue weighted by molar-refractivity contribution is 6.30. The van der Waals surface area contributed by atoms with E-state index in [4.69, 9.17) is 21.1 Å². The number of hydrogen-bond acceptors (Lipinski definition) is 7. The maximum atomic E-state index is 14.3. The van der Waals surface area contributed by atoms with Crippen molar-refractivity contribution >= 4 is 23.5 Å². The van der Waals surface area contributed by atoms with Crippen molar-refractivity contribution in [1.29, 1.82) is 0 Å². The number of carbonyl (C=O) groups is 2. The average molecular weight is 544 g/mol. The summed E-state index contributed by atoms with van der Waals surface area (Å²) in [4.78, 5) is 27.9. The van der Waals surface area contributed by atoms with Crippen molar-refractivity contribution < 1.29 is 23.5 Å². The molecule has 1 fully saturated rings. The van der Waals surface area contributed by atoms with Crippen molar-refractivity contribution in [2.24, 2.45) is 5.92 Å². The topological polar surface area (TPSA) is 109 Å². The molecular weight excluding hydrogens is 513 g/mol. The van der Waals surface area contributed by atoms with E-state index >= 15 is 0 Å². The van der Waals surface area contributed by atoms with Gasteiger partial charge in [0.2, 0.25) is 0 Å². The molecule has 2 heterocycles. The fourth-order valence-electron chi connectivity index (χ4n) is 4.57. The molecular formula is C27H31ClFN5O4. The maximum Gasteiger partial charge on any atom is 0.310 e. The minimum absolute atomic E-state index is 0.157. The number of ether oxygens (including phenoxy) is 2. The van der Waals surface area contributed by atoms with Gasteiger partial charge in [0.15, 0.2) is 0 Å². The fourth-order valence-corrected chi connectivity index (χ4v) is 4.74. The number of benzene rings is 2. The van der Waals surface area contributed by atoms with E-state index in [-0.39, 0.29) is 36.1 Å². The summed E-state index contributed by atoms with van der Waals surface area (Å²) in [6.07, 6.45) is 2.31. The van der Waals surface area contributed by atoms with Gasteiger partial charge in [-0.1, -0.05) is 41.1 Å². The molecule has 1 amide bonds. The first-order valence-electron chi connectivity index (χ1n) is 12.5. The highest BCUT2D eigenvalue weighted by Crippen LogP contribution is 2.27. The van der Waals surface area contributed by atoms with Crippen molar-refractivity contribution in [3.63, 3.8) is 0 Å². The molecule has 1 aliphatic rings. The van der Waals surface area contributed by atoms with Gasteiger partial charge in [0, 0.05) is 43.4 Å². The van der Waals surface area contributed by atoms with E-state index in [2.05, 4.69) is 25.6 Å². The lowest BCUT2D eigenvalue weighted by Crippen LogP contribution is -2.54. The zero-order valence-electron chi connectivity index (χ0n) is 21.3. The lowest BCUT2D eigenvalue weighted by Gasteiger charge is -2.40. The molecule has 2 N–H and O–H groups in total. The first-order chi connectivity index (χ1) is 18.4. The van der Waals surface area contributed by atoms with Gasteiger partial charge in [-0.25, -0.2) is 4.39 Å². The Labute approximate surface area is 225 Å². The van der Waals surface area contributed by atoms with Gasteiger partial charge >= 0.3 is 5.97 Å². The van der Waals surface area contributed by atoms with Crippen molar-refractivity contribution in [3.05, 3.63) is 70.8 Å². The smallest absolute Gasteiger partial charge is 0.310 e. The summed E-state index contributed by atoms with van der Waals surface area (Å²) in [5.74, 6) is -1.48. The normalized spacial score (nSPS) is 15.5.